The lowest BCUT2D eigenvalue weighted by molar-refractivity contribution is 0.443. The van der Waals surface area contributed by atoms with Crippen molar-refractivity contribution in [3.05, 3.63) is 0 Å². The van der Waals surface area contributed by atoms with Gasteiger partial charge in [0.25, 0.3) is 0 Å². The van der Waals surface area contributed by atoms with Gasteiger partial charge in [0.2, 0.25) is 0 Å². The van der Waals surface area contributed by atoms with E-state index < -0.39 is 0 Å². The van der Waals surface area contributed by atoms with Gasteiger partial charge in [0, 0.05) is 36.1 Å². The molecule has 2 aliphatic rings. The van der Waals surface area contributed by atoms with Crippen LogP contribution in [0.25, 0.3) is 0 Å². The Balaban J connectivity index is 0.000000120. The van der Waals surface area contributed by atoms with Gasteiger partial charge >= 0.3 is 0 Å². The van der Waals surface area contributed by atoms with Crippen LogP contribution in [-0.4, -0.2) is 36.1 Å². The van der Waals surface area contributed by atoms with Crippen LogP contribution in [-0.2, 0) is 0 Å². The van der Waals surface area contributed by atoms with E-state index in [2.05, 4.69) is 34.4 Å². The Bertz CT molecular complexity index is 58.0. The molecule has 0 aromatic rings. The summed E-state index contributed by atoms with van der Waals surface area (Å²) in [7, 11) is 0. The second-order valence-electron chi connectivity index (χ2n) is 2.79. The zero-order chi connectivity index (χ0) is 8.49. The molecule has 0 saturated carbocycles. The molecule has 2 fully saturated rings. The van der Waals surface area contributed by atoms with E-state index in [0.29, 0.717) is 0 Å². The highest BCUT2D eigenvalue weighted by Gasteiger charge is 1.95. The van der Waals surface area contributed by atoms with Gasteiger partial charge < -0.3 is 0 Å². The van der Waals surface area contributed by atoms with Crippen LogP contribution < -0.4 is 10.9 Å². The first-order valence-corrected chi connectivity index (χ1v) is 6.92. The fourth-order valence-electron chi connectivity index (χ4n) is 1.04. The quantitative estimate of drug-likeness (QED) is 0.625. The zero-order valence-electron chi connectivity index (χ0n) is 7.47. The van der Waals surface area contributed by atoms with Crippen molar-refractivity contribution in [3.8, 4) is 0 Å². The lowest BCUT2D eigenvalue weighted by Gasteiger charge is -2.10. The number of thioether (sulfide) groups is 2. The molecule has 72 valence electrons. The van der Waals surface area contributed by atoms with Crippen molar-refractivity contribution in [2.75, 3.05) is 36.1 Å². The molecular weight excluding hydrogens is 188 g/mol. The topological polar surface area (TPSA) is 24.1 Å². The minimum Gasteiger partial charge on any atom is -0.258 e. The van der Waals surface area contributed by atoms with E-state index in [-0.39, 0.29) is 0 Å². The molecule has 12 heavy (non-hydrogen) atoms. The maximum absolute atomic E-state index is 3.03. The molecule has 0 aromatic heterocycles. The summed E-state index contributed by atoms with van der Waals surface area (Å²) in [6.45, 7) is 2.28. The van der Waals surface area contributed by atoms with E-state index in [9.17, 15) is 0 Å². The molecule has 0 radical (unpaired) electrons. The van der Waals surface area contributed by atoms with Crippen LogP contribution in [0, 0.1) is 0 Å². The molecule has 0 unspecified atom stereocenters. The van der Waals surface area contributed by atoms with Gasteiger partial charge in [0.05, 0.1) is 0 Å². The Hall–Kier alpha value is 0.620. The standard InChI is InChI=1S/C4H10N2.C4H8S2/c1-2-4-6-5-3-1;1-2-6-4-3-5-1/h5-6H,1-4H2;1-4H2. The fraction of sp³-hybridized carbons (Fsp3) is 1.00. The normalized spacial score (nSPS) is 24.0. The summed E-state index contributed by atoms with van der Waals surface area (Å²) in [5.74, 6) is 5.52. The molecular formula is C8H18N2S2. The van der Waals surface area contributed by atoms with Gasteiger partial charge in [0.15, 0.2) is 0 Å². The number of hydrogen-bond donors (Lipinski definition) is 2. The lowest BCUT2D eigenvalue weighted by atomic mass is 10.3. The number of nitrogens with one attached hydrogen (secondary N) is 2. The Kier molecular flexibility index (Phi) is 7.34. The van der Waals surface area contributed by atoms with Crippen molar-refractivity contribution in [2.45, 2.75) is 12.8 Å². The molecule has 2 rings (SSSR count). The smallest absolute Gasteiger partial charge is 0.0100 e. The summed E-state index contributed by atoms with van der Waals surface area (Å²) in [4.78, 5) is 0. The summed E-state index contributed by atoms with van der Waals surface area (Å²) in [6.07, 6.45) is 2.65. The Labute approximate surface area is 83.6 Å². The van der Waals surface area contributed by atoms with E-state index in [1.54, 1.807) is 0 Å². The van der Waals surface area contributed by atoms with E-state index >= 15 is 0 Å². The first-order chi connectivity index (χ1) is 6.00. The van der Waals surface area contributed by atoms with Gasteiger partial charge in [0.1, 0.15) is 0 Å². The van der Waals surface area contributed by atoms with Crippen molar-refractivity contribution in [1.29, 1.82) is 0 Å². The van der Waals surface area contributed by atoms with Gasteiger partial charge in [-0.2, -0.15) is 23.5 Å². The average molecular weight is 206 g/mol. The number of hydrazine groups is 1. The molecule has 2 saturated heterocycles. The van der Waals surface area contributed by atoms with Crippen LogP contribution in [0.15, 0.2) is 0 Å². The van der Waals surface area contributed by atoms with Crippen LogP contribution >= 0.6 is 23.5 Å². The number of hydrogen-bond acceptors (Lipinski definition) is 4. The van der Waals surface area contributed by atoms with Crippen LogP contribution in [0.2, 0.25) is 0 Å². The molecule has 0 atom stereocenters. The zero-order valence-corrected chi connectivity index (χ0v) is 9.11. The van der Waals surface area contributed by atoms with Gasteiger partial charge in [-0.15, -0.1) is 0 Å². The minimum absolute atomic E-state index is 1.14. The van der Waals surface area contributed by atoms with Crippen molar-refractivity contribution >= 4 is 23.5 Å². The summed E-state index contributed by atoms with van der Waals surface area (Å²) in [5, 5.41) is 0. The maximum Gasteiger partial charge on any atom is 0.0100 e. The van der Waals surface area contributed by atoms with E-state index in [1.165, 1.54) is 35.9 Å². The van der Waals surface area contributed by atoms with Crippen LogP contribution in [0.5, 0.6) is 0 Å². The average Bonchev–Trinajstić information content (AvgIpc) is 2.24. The highest BCUT2D eigenvalue weighted by atomic mass is 32.2. The van der Waals surface area contributed by atoms with Crippen LogP contribution in [0.1, 0.15) is 12.8 Å². The van der Waals surface area contributed by atoms with Crippen LogP contribution in [0.3, 0.4) is 0 Å². The van der Waals surface area contributed by atoms with Gasteiger partial charge in [-0.3, -0.25) is 10.9 Å². The second-order valence-corrected chi connectivity index (χ2v) is 5.23. The monoisotopic (exact) mass is 206 g/mol. The molecule has 0 aromatic carbocycles. The molecule has 0 aliphatic carbocycles. The van der Waals surface area contributed by atoms with Gasteiger partial charge in [-0.1, -0.05) is 0 Å². The second kappa shape index (κ2) is 8.23. The van der Waals surface area contributed by atoms with Gasteiger partial charge in [-0.25, -0.2) is 0 Å². The summed E-state index contributed by atoms with van der Waals surface area (Å²) in [6, 6.07) is 0. The molecule has 2 nitrogen and oxygen atoms in total. The molecule has 4 heteroatoms. The Morgan fingerprint density at radius 2 is 1.08 bits per heavy atom. The Morgan fingerprint density at radius 1 is 0.667 bits per heavy atom. The third-order valence-corrected chi connectivity index (χ3v) is 4.21. The maximum atomic E-state index is 3.03. The predicted octanol–water partition coefficient (Wildman–Crippen LogP) is 1.34. The summed E-state index contributed by atoms with van der Waals surface area (Å²) >= 11 is 4.15. The van der Waals surface area contributed by atoms with E-state index in [0.717, 1.165) is 13.1 Å². The highest BCUT2D eigenvalue weighted by molar-refractivity contribution is 8.06. The predicted molar refractivity (Wildman–Crippen MR) is 59.9 cm³/mol. The van der Waals surface area contributed by atoms with Crippen molar-refractivity contribution in [1.82, 2.24) is 10.9 Å². The number of rotatable bonds is 0. The van der Waals surface area contributed by atoms with Gasteiger partial charge in [-0.05, 0) is 12.8 Å². The summed E-state index contributed by atoms with van der Waals surface area (Å²) in [5.41, 5.74) is 6.07. The van der Waals surface area contributed by atoms with Crippen molar-refractivity contribution < 1.29 is 0 Å². The van der Waals surface area contributed by atoms with Crippen molar-refractivity contribution in [3.63, 3.8) is 0 Å². The molecule has 0 spiro atoms. The lowest BCUT2D eigenvalue weighted by Crippen LogP contribution is -2.37. The summed E-state index contributed by atoms with van der Waals surface area (Å²) < 4.78 is 0. The van der Waals surface area contributed by atoms with E-state index in [4.69, 9.17) is 0 Å². The third kappa shape index (κ3) is 6.17. The van der Waals surface area contributed by atoms with E-state index in [1.807, 2.05) is 0 Å². The largest absolute Gasteiger partial charge is 0.258 e. The molecule has 2 heterocycles. The fourth-order valence-corrected chi connectivity index (χ4v) is 3.34. The highest BCUT2D eigenvalue weighted by Crippen LogP contribution is 2.14. The molecule has 2 aliphatic heterocycles. The minimum atomic E-state index is 1.14. The Morgan fingerprint density at radius 3 is 1.25 bits per heavy atom. The SMILES string of the molecule is C1CCNNC1.C1CSCCS1. The third-order valence-electron chi connectivity index (χ3n) is 1.72. The molecule has 0 amide bonds. The van der Waals surface area contributed by atoms with Crippen molar-refractivity contribution in [2.24, 2.45) is 0 Å². The molecule has 2 N–H and O–H groups in total. The first kappa shape index (κ1) is 10.7. The first-order valence-electron chi connectivity index (χ1n) is 4.61. The van der Waals surface area contributed by atoms with Crippen LogP contribution in [0.4, 0.5) is 0 Å². The molecule has 0 bridgehead atoms.